The molecule has 2 aromatic rings. The Morgan fingerprint density at radius 2 is 2.14 bits per heavy atom. The third-order valence-corrected chi connectivity index (χ3v) is 5.45. The highest BCUT2D eigenvalue weighted by Gasteiger charge is 2.48. The van der Waals surface area contributed by atoms with Gasteiger partial charge in [0, 0.05) is 18.7 Å². The first kappa shape index (κ1) is 19.3. The predicted octanol–water partition coefficient (Wildman–Crippen LogP) is 3.20. The molecule has 7 heteroatoms. The van der Waals surface area contributed by atoms with Crippen molar-refractivity contribution in [1.29, 1.82) is 0 Å². The largest absolute Gasteiger partial charge is 0.507 e. The van der Waals surface area contributed by atoms with Gasteiger partial charge in [-0.05, 0) is 55.7 Å². The molecule has 4 rings (SSSR count). The number of nitrogens with zero attached hydrogens (tertiary/aromatic N) is 1. The van der Waals surface area contributed by atoms with Gasteiger partial charge in [-0.3, -0.25) is 9.59 Å². The molecule has 0 saturated carbocycles. The molecule has 3 heterocycles. The van der Waals surface area contributed by atoms with Crippen molar-refractivity contribution in [3.8, 4) is 5.75 Å². The first-order valence-electron chi connectivity index (χ1n) is 9.59. The molecule has 2 atom stereocenters. The van der Waals surface area contributed by atoms with Crippen molar-refractivity contribution in [1.82, 2.24) is 4.90 Å². The summed E-state index contributed by atoms with van der Waals surface area (Å²) < 4.78 is 16.4. The van der Waals surface area contributed by atoms with Crippen LogP contribution in [0.1, 0.15) is 35.8 Å². The number of amides is 1. The molecule has 1 N–H and O–H groups in total. The van der Waals surface area contributed by atoms with Gasteiger partial charge in [0.1, 0.15) is 23.3 Å². The first-order chi connectivity index (χ1) is 14.0. The summed E-state index contributed by atoms with van der Waals surface area (Å²) in [5, 5.41) is 11.0. The Hall–Kier alpha value is -3.06. The number of aryl methyl sites for hydroxylation is 1. The van der Waals surface area contributed by atoms with Crippen molar-refractivity contribution in [2.45, 2.75) is 31.9 Å². The third kappa shape index (κ3) is 3.42. The summed E-state index contributed by atoms with van der Waals surface area (Å²) in [7, 11) is 1.56. The molecule has 152 valence electrons. The lowest BCUT2D eigenvalue weighted by molar-refractivity contribution is -0.141. The molecule has 1 aromatic carbocycles. The van der Waals surface area contributed by atoms with E-state index in [1.54, 1.807) is 37.4 Å². The zero-order chi connectivity index (χ0) is 20.5. The number of Topliss-reactive ketones (excluding diaryl/α,β-unsaturated/α-hetero) is 1. The van der Waals surface area contributed by atoms with E-state index in [4.69, 9.17) is 13.9 Å². The van der Waals surface area contributed by atoms with Crippen LogP contribution in [0.25, 0.3) is 5.76 Å². The quantitative estimate of drug-likeness (QED) is 0.473. The number of ether oxygens (including phenoxy) is 2. The molecule has 2 unspecified atom stereocenters. The molecule has 2 fully saturated rings. The number of furan rings is 1. The van der Waals surface area contributed by atoms with Crippen LogP contribution in [0, 0.1) is 6.92 Å². The Bertz CT molecular complexity index is 956. The van der Waals surface area contributed by atoms with Crippen LogP contribution < -0.4 is 4.74 Å². The third-order valence-electron chi connectivity index (χ3n) is 5.45. The predicted molar refractivity (Wildman–Crippen MR) is 104 cm³/mol. The summed E-state index contributed by atoms with van der Waals surface area (Å²) in [6.45, 7) is 2.76. The standard InChI is InChI=1S/C22H23NO6/c1-13-11-14(7-8-16(13)27-2)20(24)18-19(17-6-4-10-29-17)23(22(26)21(18)25)12-15-5-3-9-28-15/h4,6-8,10-11,15,19,24H,3,5,9,12H2,1-2H3/b20-18-. The van der Waals surface area contributed by atoms with E-state index in [0.717, 1.165) is 18.4 Å². The average Bonchev–Trinajstić information content (AvgIpc) is 3.46. The number of aliphatic hydroxyl groups is 1. The number of benzene rings is 1. The number of aliphatic hydroxyl groups excluding tert-OH is 1. The fourth-order valence-electron chi connectivity index (χ4n) is 4.00. The van der Waals surface area contributed by atoms with E-state index in [-0.39, 0.29) is 24.0 Å². The van der Waals surface area contributed by atoms with Gasteiger partial charge >= 0.3 is 0 Å². The molecule has 7 nitrogen and oxygen atoms in total. The highest BCUT2D eigenvalue weighted by Crippen LogP contribution is 2.40. The highest BCUT2D eigenvalue weighted by molar-refractivity contribution is 6.46. The number of ketones is 1. The van der Waals surface area contributed by atoms with Crippen LogP contribution >= 0.6 is 0 Å². The molecule has 0 bridgehead atoms. The zero-order valence-corrected chi connectivity index (χ0v) is 16.4. The van der Waals surface area contributed by atoms with Crippen molar-refractivity contribution < 1.29 is 28.6 Å². The second kappa shape index (κ2) is 7.75. The Morgan fingerprint density at radius 3 is 2.76 bits per heavy atom. The summed E-state index contributed by atoms with van der Waals surface area (Å²) in [5.74, 6) is -0.522. The second-order valence-electron chi connectivity index (χ2n) is 7.29. The monoisotopic (exact) mass is 397 g/mol. The fraction of sp³-hybridized carbons (Fsp3) is 0.364. The molecule has 1 aromatic heterocycles. The summed E-state index contributed by atoms with van der Waals surface area (Å²) in [6, 6.07) is 7.70. The minimum atomic E-state index is -0.795. The van der Waals surface area contributed by atoms with Gasteiger partial charge in [0.25, 0.3) is 11.7 Å². The van der Waals surface area contributed by atoms with Crippen LogP contribution in [0.2, 0.25) is 0 Å². The Morgan fingerprint density at radius 1 is 1.31 bits per heavy atom. The Labute approximate surface area is 168 Å². The number of rotatable bonds is 5. The molecule has 0 aliphatic carbocycles. The Kier molecular flexibility index (Phi) is 5.15. The molecule has 2 aliphatic rings. The Balaban J connectivity index is 1.79. The smallest absolute Gasteiger partial charge is 0.295 e. The van der Waals surface area contributed by atoms with Crippen LogP contribution in [-0.2, 0) is 14.3 Å². The summed E-state index contributed by atoms with van der Waals surface area (Å²) in [6.07, 6.45) is 3.10. The maximum Gasteiger partial charge on any atom is 0.295 e. The van der Waals surface area contributed by atoms with Crippen molar-refractivity contribution in [2.75, 3.05) is 20.3 Å². The molecule has 1 amide bonds. The average molecular weight is 397 g/mol. The van der Waals surface area contributed by atoms with Gasteiger partial charge in [-0.15, -0.1) is 0 Å². The van der Waals surface area contributed by atoms with Crippen molar-refractivity contribution in [3.05, 3.63) is 59.1 Å². The molecule has 2 saturated heterocycles. The SMILES string of the molecule is COc1ccc(/C(O)=C2/C(=O)C(=O)N(CC3CCCO3)C2c2ccco2)cc1C. The number of likely N-dealkylation sites (tertiary alicyclic amines) is 1. The second-order valence-corrected chi connectivity index (χ2v) is 7.29. The van der Waals surface area contributed by atoms with E-state index >= 15 is 0 Å². The topological polar surface area (TPSA) is 89.2 Å². The number of carbonyl (C=O) groups excluding carboxylic acids is 2. The zero-order valence-electron chi connectivity index (χ0n) is 16.4. The molecular weight excluding hydrogens is 374 g/mol. The van der Waals surface area contributed by atoms with E-state index in [9.17, 15) is 14.7 Å². The van der Waals surface area contributed by atoms with Gasteiger partial charge in [0.2, 0.25) is 0 Å². The maximum absolute atomic E-state index is 12.9. The number of carbonyl (C=O) groups is 2. The lowest BCUT2D eigenvalue weighted by Crippen LogP contribution is -2.36. The van der Waals surface area contributed by atoms with E-state index in [2.05, 4.69) is 0 Å². The van der Waals surface area contributed by atoms with Gasteiger partial charge < -0.3 is 23.9 Å². The first-order valence-corrected chi connectivity index (χ1v) is 9.59. The fourth-order valence-corrected chi connectivity index (χ4v) is 4.00. The normalized spacial score (nSPS) is 23.7. The van der Waals surface area contributed by atoms with Crippen LogP contribution in [0.15, 0.2) is 46.6 Å². The molecule has 29 heavy (non-hydrogen) atoms. The van der Waals surface area contributed by atoms with Gasteiger partial charge in [0.05, 0.1) is 25.1 Å². The van der Waals surface area contributed by atoms with Gasteiger partial charge in [-0.25, -0.2) is 0 Å². The minimum absolute atomic E-state index is 0.0208. The molecule has 0 radical (unpaired) electrons. The van der Waals surface area contributed by atoms with Crippen molar-refractivity contribution in [2.24, 2.45) is 0 Å². The lowest BCUT2D eigenvalue weighted by atomic mass is 9.98. The van der Waals surface area contributed by atoms with Crippen LogP contribution in [0.5, 0.6) is 5.75 Å². The summed E-state index contributed by atoms with van der Waals surface area (Å²) in [5.41, 5.74) is 1.27. The number of hydrogen-bond donors (Lipinski definition) is 1. The van der Waals surface area contributed by atoms with Crippen LogP contribution in [0.3, 0.4) is 0 Å². The van der Waals surface area contributed by atoms with E-state index in [1.165, 1.54) is 11.2 Å². The minimum Gasteiger partial charge on any atom is -0.507 e. The molecular formula is C22H23NO6. The highest BCUT2D eigenvalue weighted by atomic mass is 16.5. The van der Waals surface area contributed by atoms with E-state index in [0.29, 0.717) is 23.7 Å². The van der Waals surface area contributed by atoms with Crippen LogP contribution in [0.4, 0.5) is 0 Å². The van der Waals surface area contributed by atoms with Crippen LogP contribution in [-0.4, -0.2) is 48.1 Å². The van der Waals surface area contributed by atoms with E-state index < -0.39 is 17.7 Å². The van der Waals surface area contributed by atoms with Crippen molar-refractivity contribution >= 4 is 17.4 Å². The molecule has 0 spiro atoms. The van der Waals surface area contributed by atoms with Crippen molar-refractivity contribution in [3.63, 3.8) is 0 Å². The lowest BCUT2D eigenvalue weighted by Gasteiger charge is -2.25. The molecule has 2 aliphatic heterocycles. The number of hydrogen-bond acceptors (Lipinski definition) is 6. The summed E-state index contributed by atoms with van der Waals surface area (Å²) in [4.78, 5) is 27.2. The van der Waals surface area contributed by atoms with Gasteiger partial charge in [-0.2, -0.15) is 0 Å². The summed E-state index contributed by atoms with van der Waals surface area (Å²) >= 11 is 0. The number of methoxy groups -OCH3 is 1. The van der Waals surface area contributed by atoms with Gasteiger partial charge in [0.15, 0.2) is 0 Å². The van der Waals surface area contributed by atoms with Gasteiger partial charge in [-0.1, -0.05) is 0 Å². The maximum atomic E-state index is 12.9. The van der Waals surface area contributed by atoms with E-state index in [1.807, 2.05) is 6.92 Å².